The zero-order chi connectivity index (χ0) is 12.3. The molecule has 0 aliphatic carbocycles. The number of likely N-dealkylation sites (tertiary alicyclic amines) is 1. The van der Waals surface area contributed by atoms with Crippen LogP contribution >= 0.6 is 0 Å². The minimum atomic E-state index is -0.827. The maximum absolute atomic E-state index is 11.9. The van der Waals surface area contributed by atoms with Crippen LogP contribution < -0.4 is 0 Å². The van der Waals surface area contributed by atoms with Gasteiger partial charge in [-0.1, -0.05) is 12.2 Å². The van der Waals surface area contributed by atoms with E-state index < -0.39 is 11.9 Å². The van der Waals surface area contributed by atoms with Crippen molar-refractivity contribution >= 4 is 12.0 Å². The number of carboxylic acid groups (broad SMARTS) is 1. The Hall–Kier alpha value is -1.52. The van der Waals surface area contributed by atoms with E-state index in [1.54, 1.807) is 9.80 Å². The van der Waals surface area contributed by atoms with E-state index in [4.69, 9.17) is 5.11 Å². The maximum Gasteiger partial charge on any atom is 0.320 e. The summed E-state index contributed by atoms with van der Waals surface area (Å²) in [6.07, 6.45) is 0. The Labute approximate surface area is 95.3 Å². The third-order valence-corrected chi connectivity index (χ3v) is 2.61. The van der Waals surface area contributed by atoms with Gasteiger partial charge in [0.25, 0.3) is 0 Å². The minimum absolute atomic E-state index is 0.0944. The summed E-state index contributed by atoms with van der Waals surface area (Å²) in [7, 11) is 0. The predicted molar refractivity (Wildman–Crippen MR) is 60.2 cm³/mol. The van der Waals surface area contributed by atoms with Crippen LogP contribution in [-0.2, 0) is 4.79 Å². The summed E-state index contributed by atoms with van der Waals surface area (Å²) < 4.78 is 0. The van der Waals surface area contributed by atoms with Crippen molar-refractivity contribution in [2.45, 2.75) is 13.8 Å². The van der Waals surface area contributed by atoms with E-state index in [1.807, 2.05) is 13.8 Å². The number of nitrogens with zero attached hydrogens (tertiary/aromatic N) is 2. The van der Waals surface area contributed by atoms with Crippen LogP contribution in [0, 0.1) is 5.92 Å². The lowest BCUT2D eigenvalue weighted by molar-refractivity contribution is -0.146. The second-order valence-electron chi connectivity index (χ2n) is 4.19. The Kier molecular flexibility index (Phi) is 3.93. The Morgan fingerprint density at radius 2 is 2.06 bits per heavy atom. The van der Waals surface area contributed by atoms with Crippen molar-refractivity contribution in [3.05, 3.63) is 12.2 Å². The number of carboxylic acids is 1. The van der Waals surface area contributed by atoms with Gasteiger partial charge in [0.2, 0.25) is 0 Å². The van der Waals surface area contributed by atoms with Gasteiger partial charge in [0.1, 0.15) is 0 Å². The standard InChI is InChI=1S/C11H18N2O3/c1-4-12(5-8(2)3)11(16)13-6-9(7-13)10(14)15/h9H,2,4-7H2,1,3H3,(H,14,15). The van der Waals surface area contributed by atoms with E-state index in [0.29, 0.717) is 26.2 Å². The highest BCUT2D eigenvalue weighted by Crippen LogP contribution is 2.17. The van der Waals surface area contributed by atoms with Gasteiger partial charge in [-0.2, -0.15) is 0 Å². The molecule has 0 aromatic heterocycles. The van der Waals surface area contributed by atoms with Crippen molar-refractivity contribution in [1.29, 1.82) is 0 Å². The fraction of sp³-hybridized carbons (Fsp3) is 0.636. The summed E-state index contributed by atoms with van der Waals surface area (Å²) in [5, 5.41) is 8.71. The van der Waals surface area contributed by atoms with Crippen molar-refractivity contribution in [3.8, 4) is 0 Å². The quantitative estimate of drug-likeness (QED) is 0.728. The van der Waals surface area contributed by atoms with E-state index >= 15 is 0 Å². The fourth-order valence-electron chi connectivity index (χ4n) is 1.63. The van der Waals surface area contributed by atoms with Gasteiger partial charge < -0.3 is 14.9 Å². The molecule has 0 saturated carbocycles. The van der Waals surface area contributed by atoms with Crippen LogP contribution in [0.1, 0.15) is 13.8 Å². The van der Waals surface area contributed by atoms with Crippen LogP contribution in [0.15, 0.2) is 12.2 Å². The highest BCUT2D eigenvalue weighted by atomic mass is 16.4. The van der Waals surface area contributed by atoms with Gasteiger partial charge in [0.05, 0.1) is 5.92 Å². The number of amides is 2. The van der Waals surface area contributed by atoms with Crippen LogP contribution in [0.25, 0.3) is 0 Å². The van der Waals surface area contributed by atoms with E-state index in [0.717, 1.165) is 5.57 Å². The molecular formula is C11H18N2O3. The van der Waals surface area contributed by atoms with Crippen molar-refractivity contribution in [1.82, 2.24) is 9.80 Å². The molecule has 0 aromatic carbocycles. The minimum Gasteiger partial charge on any atom is -0.481 e. The van der Waals surface area contributed by atoms with E-state index in [-0.39, 0.29) is 6.03 Å². The van der Waals surface area contributed by atoms with Gasteiger partial charge in [-0.3, -0.25) is 4.79 Å². The first kappa shape index (κ1) is 12.5. The molecule has 1 rings (SSSR count). The smallest absolute Gasteiger partial charge is 0.320 e. The summed E-state index contributed by atoms with van der Waals surface area (Å²) >= 11 is 0. The fourth-order valence-corrected chi connectivity index (χ4v) is 1.63. The molecule has 0 spiro atoms. The summed E-state index contributed by atoms with van der Waals surface area (Å²) in [6, 6.07) is -0.0944. The molecular weight excluding hydrogens is 208 g/mol. The number of rotatable bonds is 4. The average Bonchev–Trinajstić information content (AvgIpc) is 2.10. The van der Waals surface area contributed by atoms with Crippen LogP contribution in [0.5, 0.6) is 0 Å². The molecule has 1 aliphatic rings. The SMILES string of the molecule is C=C(C)CN(CC)C(=O)N1CC(C(=O)O)C1. The van der Waals surface area contributed by atoms with Crippen molar-refractivity contribution in [2.75, 3.05) is 26.2 Å². The zero-order valence-electron chi connectivity index (χ0n) is 9.77. The number of hydrogen-bond acceptors (Lipinski definition) is 2. The van der Waals surface area contributed by atoms with Crippen molar-refractivity contribution in [2.24, 2.45) is 5.92 Å². The molecule has 1 N–H and O–H groups in total. The van der Waals surface area contributed by atoms with Gasteiger partial charge in [-0.05, 0) is 13.8 Å². The molecule has 0 unspecified atom stereocenters. The largest absolute Gasteiger partial charge is 0.481 e. The van der Waals surface area contributed by atoms with Crippen LogP contribution in [-0.4, -0.2) is 53.1 Å². The average molecular weight is 226 g/mol. The number of hydrogen-bond donors (Lipinski definition) is 1. The molecule has 16 heavy (non-hydrogen) atoms. The first-order valence-corrected chi connectivity index (χ1v) is 5.36. The first-order valence-electron chi connectivity index (χ1n) is 5.36. The Balaban J connectivity index is 2.46. The highest BCUT2D eigenvalue weighted by molar-refractivity contribution is 5.80. The molecule has 1 aliphatic heterocycles. The molecule has 0 bridgehead atoms. The monoisotopic (exact) mass is 226 g/mol. The second kappa shape index (κ2) is 5.01. The molecule has 5 nitrogen and oxygen atoms in total. The van der Waals surface area contributed by atoms with Gasteiger partial charge in [0.15, 0.2) is 0 Å². The number of carbonyl (C=O) groups is 2. The molecule has 0 radical (unpaired) electrons. The molecule has 1 heterocycles. The first-order chi connectivity index (χ1) is 7.45. The highest BCUT2D eigenvalue weighted by Gasteiger charge is 2.37. The Morgan fingerprint density at radius 3 is 2.44 bits per heavy atom. The lowest BCUT2D eigenvalue weighted by atomic mass is 10.0. The lowest BCUT2D eigenvalue weighted by Crippen LogP contribution is -2.57. The van der Waals surface area contributed by atoms with Gasteiger partial charge in [-0.15, -0.1) is 0 Å². The number of urea groups is 1. The lowest BCUT2D eigenvalue weighted by Gasteiger charge is -2.39. The topological polar surface area (TPSA) is 60.9 Å². The summed E-state index contributed by atoms with van der Waals surface area (Å²) in [6.45, 7) is 9.31. The molecule has 1 saturated heterocycles. The molecule has 2 amide bonds. The third kappa shape index (κ3) is 2.74. The summed E-state index contributed by atoms with van der Waals surface area (Å²) in [5.74, 6) is -1.22. The Morgan fingerprint density at radius 1 is 1.50 bits per heavy atom. The van der Waals surface area contributed by atoms with E-state index in [9.17, 15) is 9.59 Å². The van der Waals surface area contributed by atoms with Gasteiger partial charge in [-0.25, -0.2) is 4.79 Å². The van der Waals surface area contributed by atoms with Crippen LogP contribution in [0.3, 0.4) is 0 Å². The predicted octanol–water partition coefficient (Wildman–Crippen LogP) is 1.02. The van der Waals surface area contributed by atoms with Crippen LogP contribution in [0.2, 0.25) is 0 Å². The molecule has 5 heteroatoms. The van der Waals surface area contributed by atoms with Crippen molar-refractivity contribution < 1.29 is 14.7 Å². The summed E-state index contributed by atoms with van der Waals surface area (Å²) in [5.41, 5.74) is 0.922. The maximum atomic E-state index is 11.9. The Bertz CT molecular complexity index is 308. The van der Waals surface area contributed by atoms with Gasteiger partial charge >= 0.3 is 12.0 Å². The molecule has 90 valence electrons. The zero-order valence-corrected chi connectivity index (χ0v) is 9.77. The van der Waals surface area contributed by atoms with Crippen LogP contribution in [0.4, 0.5) is 4.79 Å². The normalized spacial score (nSPS) is 15.5. The molecule has 0 aromatic rings. The van der Waals surface area contributed by atoms with Gasteiger partial charge in [0, 0.05) is 26.2 Å². The molecule has 0 atom stereocenters. The number of likely N-dealkylation sites (N-methyl/N-ethyl adjacent to an activating group) is 1. The number of aliphatic carboxylic acids is 1. The summed E-state index contributed by atoms with van der Waals surface area (Å²) in [4.78, 5) is 25.7. The third-order valence-electron chi connectivity index (χ3n) is 2.61. The number of carbonyl (C=O) groups excluding carboxylic acids is 1. The van der Waals surface area contributed by atoms with Crippen molar-refractivity contribution in [3.63, 3.8) is 0 Å². The van der Waals surface area contributed by atoms with E-state index in [1.165, 1.54) is 0 Å². The van der Waals surface area contributed by atoms with E-state index in [2.05, 4.69) is 6.58 Å². The second-order valence-corrected chi connectivity index (χ2v) is 4.19. The molecule has 1 fully saturated rings.